The fraction of sp³-hybridized carbons (Fsp3) is 0.308. The summed E-state index contributed by atoms with van der Waals surface area (Å²) in [4.78, 5) is 0. The molecular formula is C13H16N2O3. The van der Waals surface area contributed by atoms with E-state index in [-0.39, 0.29) is 0 Å². The van der Waals surface area contributed by atoms with Gasteiger partial charge in [0, 0.05) is 18.7 Å². The van der Waals surface area contributed by atoms with Gasteiger partial charge in [0.05, 0.1) is 27.0 Å². The van der Waals surface area contributed by atoms with Crippen LogP contribution in [0.15, 0.2) is 35.0 Å². The molecule has 0 aliphatic heterocycles. The molecule has 2 rings (SSSR count). The molecule has 0 saturated carbocycles. The second-order valence-corrected chi connectivity index (χ2v) is 3.80. The molecule has 0 unspecified atom stereocenters. The van der Waals surface area contributed by atoms with Crippen LogP contribution in [0, 0.1) is 0 Å². The van der Waals surface area contributed by atoms with Crippen molar-refractivity contribution >= 4 is 0 Å². The van der Waals surface area contributed by atoms with Crippen molar-refractivity contribution in [2.24, 2.45) is 0 Å². The van der Waals surface area contributed by atoms with Crippen molar-refractivity contribution < 1.29 is 14.0 Å². The van der Waals surface area contributed by atoms with Crippen LogP contribution < -0.4 is 14.8 Å². The summed E-state index contributed by atoms with van der Waals surface area (Å²) in [6.07, 6.45) is 1.63. The first-order chi connectivity index (χ1) is 8.81. The fourth-order valence-corrected chi connectivity index (χ4v) is 1.63. The van der Waals surface area contributed by atoms with Gasteiger partial charge in [0.25, 0.3) is 0 Å². The molecule has 0 aliphatic carbocycles. The highest BCUT2D eigenvalue weighted by Crippen LogP contribution is 2.22. The molecule has 1 N–H and O–H groups in total. The molecule has 5 heteroatoms. The standard InChI is InChI=1S/C13H16N2O3/c1-16-12-5-10(6-13(7-12)17-2)8-14-9-11-3-4-15-18-11/h3-7,14H,8-9H2,1-2H3. The Morgan fingerprint density at radius 2 is 1.83 bits per heavy atom. The minimum absolute atomic E-state index is 0.638. The first-order valence-corrected chi connectivity index (χ1v) is 5.64. The van der Waals surface area contributed by atoms with E-state index in [1.165, 1.54) is 0 Å². The Bertz CT molecular complexity index is 461. The number of hydrogen-bond donors (Lipinski definition) is 1. The third kappa shape index (κ3) is 3.24. The zero-order valence-electron chi connectivity index (χ0n) is 10.5. The van der Waals surface area contributed by atoms with Crippen LogP contribution in [0.4, 0.5) is 0 Å². The molecular weight excluding hydrogens is 232 g/mol. The van der Waals surface area contributed by atoms with Gasteiger partial charge in [-0.2, -0.15) is 0 Å². The Hall–Kier alpha value is -2.01. The van der Waals surface area contributed by atoms with Crippen molar-refractivity contribution in [3.63, 3.8) is 0 Å². The zero-order chi connectivity index (χ0) is 12.8. The maximum absolute atomic E-state index is 5.21. The fourth-order valence-electron chi connectivity index (χ4n) is 1.63. The second kappa shape index (κ2) is 6.07. The largest absolute Gasteiger partial charge is 0.497 e. The number of nitrogens with zero attached hydrogens (tertiary/aromatic N) is 1. The lowest BCUT2D eigenvalue weighted by atomic mass is 10.2. The topological polar surface area (TPSA) is 56.5 Å². The quantitative estimate of drug-likeness (QED) is 0.847. The van der Waals surface area contributed by atoms with E-state index >= 15 is 0 Å². The van der Waals surface area contributed by atoms with Gasteiger partial charge < -0.3 is 19.3 Å². The highest BCUT2D eigenvalue weighted by molar-refractivity contribution is 5.38. The van der Waals surface area contributed by atoms with Crippen molar-refractivity contribution in [1.29, 1.82) is 0 Å². The molecule has 5 nitrogen and oxygen atoms in total. The molecule has 2 aromatic rings. The van der Waals surface area contributed by atoms with Crippen LogP contribution in [0.1, 0.15) is 11.3 Å². The molecule has 0 bridgehead atoms. The van der Waals surface area contributed by atoms with E-state index in [0.717, 1.165) is 22.8 Å². The molecule has 18 heavy (non-hydrogen) atoms. The molecule has 0 aliphatic rings. The average Bonchev–Trinajstić information content (AvgIpc) is 2.91. The summed E-state index contributed by atoms with van der Waals surface area (Å²) in [6.45, 7) is 1.34. The molecule has 0 fully saturated rings. The van der Waals surface area contributed by atoms with Crippen molar-refractivity contribution in [3.05, 3.63) is 41.8 Å². The van der Waals surface area contributed by atoms with Crippen molar-refractivity contribution in [1.82, 2.24) is 10.5 Å². The predicted octanol–water partition coefficient (Wildman–Crippen LogP) is 1.98. The molecule has 96 valence electrons. The number of ether oxygens (including phenoxy) is 2. The monoisotopic (exact) mass is 248 g/mol. The first kappa shape index (κ1) is 12.4. The number of benzene rings is 1. The van der Waals surface area contributed by atoms with Gasteiger partial charge in [0.15, 0.2) is 0 Å². The van der Waals surface area contributed by atoms with Gasteiger partial charge in [-0.05, 0) is 17.7 Å². The molecule has 1 aromatic carbocycles. The number of aromatic nitrogens is 1. The average molecular weight is 248 g/mol. The van der Waals surface area contributed by atoms with E-state index in [9.17, 15) is 0 Å². The smallest absolute Gasteiger partial charge is 0.150 e. The highest BCUT2D eigenvalue weighted by Gasteiger charge is 2.02. The van der Waals surface area contributed by atoms with Gasteiger partial charge in [-0.3, -0.25) is 0 Å². The Kier molecular flexibility index (Phi) is 4.20. The Balaban J connectivity index is 1.95. The van der Waals surface area contributed by atoms with Crippen LogP contribution in [0.25, 0.3) is 0 Å². The van der Waals surface area contributed by atoms with Gasteiger partial charge in [-0.25, -0.2) is 0 Å². The second-order valence-electron chi connectivity index (χ2n) is 3.80. The van der Waals surface area contributed by atoms with Gasteiger partial charge >= 0.3 is 0 Å². The normalized spacial score (nSPS) is 10.3. The van der Waals surface area contributed by atoms with Crippen LogP contribution in [-0.4, -0.2) is 19.4 Å². The number of rotatable bonds is 6. The van der Waals surface area contributed by atoms with Crippen molar-refractivity contribution in [2.75, 3.05) is 14.2 Å². The summed E-state index contributed by atoms with van der Waals surface area (Å²) in [6, 6.07) is 7.62. The maximum Gasteiger partial charge on any atom is 0.150 e. The van der Waals surface area contributed by atoms with E-state index in [1.54, 1.807) is 20.4 Å². The Morgan fingerprint density at radius 1 is 1.11 bits per heavy atom. The molecule has 0 radical (unpaired) electrons. The third-order valence-corrected chi connectivity index (χ3v) is 2.53. The third-order valence-electron chi connectivity index (χ3n) is 2.53. The van der Waals surface area contributed by atoms with E-state index in [4.69, 9.17) is 14.0 Å². The summed E-state index contributed by atoms with van der Waals surface area (Å²) < 4.78 is 15.4. The summed E-state index contributed by atoms with van der Waals surface area (Å²) in [7, 11) is 3.28. The van der Waals surface area contributed by atoms with Crippen molar-refractivity contribution in [2.45, 2.75) is 13.1 Å². The number of methoxy groups -OCH3 is 2. The summed E-state index contributed by atoms with van der Waals surface area (Å²) in [5.74, 6) is 2.38. The van der Waals surface area contributed by atoms with Gasteiger partial charge in [0.1, 0.15) is 17.3 Å². The van der Waals surface area contributed by atoms with E-state index in [2.05, 4.69) is 10.5 Å². The lowest BCUT2D eigenvalue weighted by Crippen LogP contribution is -2.12. The van der Waals surface area contributed by atoms with Crippen LogP contribution in [0.2, 0.25) is 0 Å². The zero-order valence-corrected chi connectivity index (χ0v) is 10.5. The van der Waals surface area contributed by atoms with Crippen LogP contribution >= 0.6 is 0 Å². The summed E-state index contributed by atoms with van der Waals surface area (Å²) in [5, 5.41) is 6.91. The van der Waals surface area contributed by atoms with Gasteiger partial charge in [-0.1, -0.05) is 5.16 Å². The van der Waals surface area contributed by atoms with E-state index in [1.807, 2.05) is 24.3 Å². The molecule has 0 spiro atoms. The number of hydrogen-bond acceptors (Lipinski definition) is 5. The van der Waals surface area contributed by atoms with Crippen LogP contribution in [-0.2, 0) is 13.1 Å². The van der Waals surface area contributed by atoms with Crippen molar-refractivity contribution in [3.8, 4) is 11.5 Å². The maximum atomic E-state index is 5.21. The number of nitrogens with one attached hydrogen (secondary N) is 1. The first-order valence-electron chi connectivity index (χ1n) is 5.64. The van der Waals surface area contributed by atoms with E-state index < -0.39 is 0 Å². The van der Waals surface area contributed by atoms with Crippen LogP contribution in [0.5, 0.6) is 11.5 Å². The lowest BCUT2D eigenvalue weighted by Gasteiger charge is -2.08. The molecule has 0 amide bonds. The Labute approximate surface area is 106 Å². The SMILES string of the molecule is COc1cc(CNCc2ccno2)cc(OC)c1. The molecule has 0 atom stereocenters. The van der Waals surface area contributed by atoms with E-state index in [0.29, 0.717) is 13.1 Å². The summed E-state index contributed by atoms with van der Waals surface area (Å²) in [5.41, 5.74) is 1.09. The Morgan fingerprint density at radius 3 is 2.39 bits per heavy atom. The summed E-state index contributed by atoms with van der Waals surface area (Å²) >= 11 is 0. The highest BCUT2D eigenvalue weighted by atomic mass is 16.5. The van der Waals surface area contributed by atoms with Crippen LogP contribution in [0.3, 0.4) is 0 Å². The minimum atomic E-state index is 0.638. The minimum Gasteiger partial charge on any atom is -0.497 e. The lowest BCUT2D eigenvalue weighted by molar-refractivity contribution is 0.372. The van der Waals surface area contributed by atoms with Gasteiger partial charge in [0.2, 0.25) is 0 Å². The van der Waals surface area contributed by atoms with Gasteiger partial charge in [-0.15, -0.1) is 0 Å². The molecule has 0 saturated heterocycles. The molecule has 1 aromatic heterocycles. The molecule has 1 heterocycles. The predicted molar refractivity (Wildman–Crippen MR) is 66.6 cm³/mol.